The van der Waals surface area contributed by atoms with Crippen molar-refractivity contribution in [2.24, 2.45) is 0 Å². The lowest BCUT2D eigenvalue weighted by atomic mass is 9.47. The maximum Gasteiger partial charge on any atom is 0.353 e. The van der Waals surface area contributed by atoms with E-state index in [4.69, 9.17) is 49.7 Å². The largest absolute Gasteiger partial charge is 0.407 e. The van der Waals surface area contributed by atoms with Gasteiger partial charge in [0.05, 0.1) is 11.2 Å². The van der Waals surface area contributed by atoms with Crippen molar-refractivity contribution in [2.45, 2.75) is 28.7 Å². The summed E-state index contributed by atoms with van der Waals surface area (Å²) in [5.74, 6) is -0.455. The van der Waals surface area contributed by atoms with Gasteiger partial charge in [-0.3, -0.25) is 4.57 Å². The van der Waals surface area contributed by atoms with E-state index in [0.717, 1.165) is 0 Å². The standard InChI is InChI=1S/C8H7B5N4O5/c9-3-15-4(14)16-5(20)17(3)7(11)2(19)1(18)6(10,22-7)8(12,13)21/h1-2,18-19,21H,(H2,14,16,20)/t1?,2?,6-,7-/m0/s1. The zero-order valence-electron chi connectivity index (χ0n) is 11.1. The fourth-order valence-corrected chi connectivity index (χ4v) is 2.12. The predicted molar refractivity (Wildman–Crippen MR) is 77.9 cm³/mol. The molecule has 2 rings (SSSR count). The molecule has 1 fully saturated rings. The molecule has 2 unspecified atom stereocenters. The summed E-state index contributed by atoms with van der Waals surface area (Å²) in [6, 6.07) is 0. The van der Waals surface area contributed by atoms with Crippen LogP contribution in [0.3, 0.4) is 0 Å². The summed E-state index contributed by atoms with van der Waals surface area (Å²) >= 11 is 0. The molecule has 0 spiro atoms. The number of ether oxygens (including phenoxy) is 1. The molecule has 10 radical (unpaired) electrons. The van der Waals surface area contributed by atoms with E-state index < -0.39 is 46.1 Å². The second kappa shape index (κ2) is 4.88. The van der Waals surface area contributed by atoms with Crippen molar-refractivity contribution in [1.29, 1.82) is 0 Å². The average Bonchev–Trinajstić information content (AvgIpc) is 2.50. The second-order valence-corrected chi connectivity index (χ2v) is 4.92. The van der Waals surface area contributed by atoms with E-state index >= 15 is 0 Å². The number of hydrogen-bond acceptors (Lipinski definition) is 8. The van der Waals surface area contributed by atoms with Crippen LogP contribution in [0.25, 0.3) is 0 Å². The van der Waals surface area contributed by atoms with Crippen LogP contribution in [0, 0.1) is 0 Å². The van der Waals surface area contributed by atoms with E-state index in [1.807, 2.05) is 0 Å². The molecule has 9 nitrogen and oxygen atoms in total. The highest BCUT2D eigenvalue weighted by molar-refractivity contribution is 6.44. The quantitative estimate of drug-likeness (QED) is 0.394. The maximum atomic E-state index is 11.9. The Morgan fingerprint density at radius 2 is 1.82 bits per heavy atom. The maximum absolute atomic E-state index is 11.9. The predicted octanol–water partition coefficient (Wildman–Crippen LogP) is -6.61. The van der Waals surface area contributed by atoms with Gasteiger partial charge in [-0.05, 0) is 0 Å². The lowest BCUT2D eigenvalue weighted by molar-refractivity contribution is -0.126. The van der Waals surface area contributed by atoms with Gasteiger partial charge in [-0.15, -0.1) is 0 Å². The van der Waals surface area contributed by atoms with Crippen molar-refractivity contribution >= 4 is 50.9 Å². The van der Waals surface area contributed by atoms with Crippen molar-refractivity contribution in [3.05, 3.63) is 10.5 Å². The molecule has 0 aliphatic carbocycles. The highest BCUT2D eigenvalue weighted by atomic mass is 16.6. The van der Waals surface area contributed by atoms with Crippen LogP contribution >= 0.6 is 0 Å². The molecule has 1 saturated heterocycles. The van der Waals surface area contributed by atoms with E-state index in [0.29, 0.717) is 4.57 Å². The lowest BCUT2D eigenvalue weighted by Gasteiger charge is -2.42. The number of rotatable bonds is 2. The minimum Gasteiger partial charge on any atom is -0.407 e. The first kappa shape index (κ1) is 17.1. The third kappa shape index (κ3) is 2.21. The molecule has 4 atom stereocenters. The van der Waals surface area contributed by atoms with E-state index in [1.54, 1.807) is 0 Å². The molecule has 22 heavy (non-hydrogen) atoms. The molecule has 0 amide bonds. The first-order valence-electron chi connectivity index (χ1n) is 5.81. The number of hydrogen-bond donors (Lipinski definition) is 4. The molecule has 5 N–H and O–H groups in total. The van der Waals surface area contributed by atoms with Crippen LogP contribution in [-0.2, 0) is 10.4 Å². The van der Waals surface area contributed by atoms with Gasteiger partial charge in [0.1, 0.15) is 49.2 Å². The normalized spacial score (nSPS) is 35.6. The van der Waals surface area contributed by atoms with Crippen LogP contribution in [0.2, 0.25) is 0 Å². The number of aliphatic hydroxyl groups is 3. The summed E-state index contributed by atoms with van der Waals surface area (Å²) in [5, 5.41) is 26.9. The highest BCUT2D eigenvalue weighted by Gasteiger charge is 2.62. The zero-order valence-corrected chi connectivity index (χ0v) is 11.1. The Balaban J connectivity index is 2.64. The van der Waals surface area contributed by atoms with Gasteiger partial charge < -0.3 is 25.8 Å². The highest BCUT2D eigenvalue weighted by Crippen LogP contribution is 2.41. The Morgan fingerprint density at radius 1 is 1.27 bits per heavy atom. The molecule has 1 aliphatic heterocycles. The molecule has 2 heterocycles. The van der Waals surface area contributed by atoms with E-state index in [9.17, 15) is 20.1 Å². The summed E-state index contributed by atoms with van der Waals surface area (Å²) in [4.78, 5) is 18.7. The van der Waals surface area contributed by atoms with E-state index in [-0.39, 0.29) is 0 Å². The number of aromatic nitrogens is 3. The smallest absolute Gasteiger partial charge is 0.353 e. The van der Waals surface area contributed by atoms with Gasteiger partial charge in [0.2, 0.25) is 5.95 Å². The zero-order chi connectivity index (χ0) is 17.1. The van der Waals surface area contributed by atoms with Crippen molar-refractivity contribution in [2.75, 3.05) is 5.73 Å². The first-order valence-corrected chi connectivity index (χ1v) is 5.81. The van der Waals surface area contributed by atoms with Crippen LogP contribution in [0.5, 0.6) is 0 Å². The van der Waals surface area contributed by atoms with Gasteiger partial charge in [0.25, 0.3) is 0 Å². The van der Waals surface area contributed by atoms with Crippen LogP contribution in [0.15, 0.2) is 4.79 Å². The minimum absolute atomic E-state index is 0.387. The SMILES string of the molecule is [B]c1nc(N)nc(=O)n1[C@]1([B])O[C@]([B])(C([B])([B])O)C(O)C1O. The van der Waals surface area contributed by atoms with Gasteiger partial charge >= 0.3 is 5.69 Å². The molecule has 0 aromatic carbocycles. The number of aliphatic hydroxyl groups excluding tert-OH is 2. The van der Waals surface area contributed by atoms with Crippen LogP contribution in [-0.4, -0.2) is 92.2 Å². The van der Waals surface area contributed by atoms with Gasteiger partial charge in [0.15, 0.2) is 7.85 Å². The summed E-state index contributed by atoms with van der Waals surface area (Å²) in [6.45, 7) is 0. The molecular weight excluding hydrogens is 286 g/mol. The number of anilines is 1. The topological polar surface area (TPSA) is 144 Å². The monoisotopic (exact) mass is 294 g/mol. The molecule has 0 saturated carbocycles. The van der Waals surface area contributed by atoms with Gasteiger partial charge in [0, 0.05) is 5.40 Å². The van der Waals surface area contributed by atoms with Crippen molar-refractivity contribution in [3.8, 4) is 0 Å². The molecule has 0 bridgehead atoms. The van der Waals surface area contributed by atoms with E-state index in [2.05, 4.69) is 9.97 Å². The lowest BCUT2D eigenvalue weighted by Crippen LogP contribution is -2.63. The van der Waals surface area contributed by atoms with Gasteiger partial charge in [-0.2, -0.15) is 4.98 Å². The average molecular weight is 293 g/mol. The molecule has 1 aromatic heterocycles. The van der Waals surface area contributed by atoms with Crippen molar-refractivity contribution in [3.63, 3.8) is 0 Å². The van der Waals surface area contributed by atoms with Gasteiger partial charge in [-0.25, -0.2) is 9.78 Å². The second-order valence-electron chi connectivity index (χ2n) is 4.92. The summed E-state index contributed by atoms with van der Waals surface area (Å²) in [6.07, 6.45) is -4.15. The fourth-order valence-electron chi connectivity index (χ4n) is 2.12. The van der Waals surface area contributed by atoms with Crippen LogP contribution in [0.1, 0.15) is 0 Å². The summed E-state index contributed by atoms with van der Waals surface area (Å²) < 4.78 is 5.42. The summed E-state index contributed by atoms with van der Waals surface area (Å²) in [5.41, 5.74) is -1.69. The molecule has 14 heteroatoms. The van der Waals surface area contributed by atoms with Crippen LogP contribution < -0.4 is 17.1 Å². The Labute approximate surface area is 131 Å². The van der Waals surface area contributed by atoms with Crippen molar-refractivity contribution < 1.29 is 20.1 Å². The third-order valence-corrected chi connectivity index (χ3v) is 3.33. The number of nitrogens with two attached hydrogens (primary N) is 1. The molecule has 1 aromatic rings. The minimum atomic E-state index is -2.82. The number of nitrogens with zero attached hydrogens (tertiary/aromatic N) is 3. The van der Waals surface area contributed by atoms with E-state index in [1.165, 1.54) is 0 Å². The van der Waals surface area contributed by atoms with Crippen LogP contribution in [0.4, 0.5) is 5.95 Å². The third-order valence-electron chi connectivity index (χ3n) is 3.33. The Hall–Kier alpha value is -1.23. The van der Waals surface area contributed by atoms with Gasteiger partial charge in [-0.1, -0.05) is 0 Å². The Morgan fingerprint density at radius 3 is 2.23 bits per heavy atom. The van der Waals surface area contributed by atoms with Crippen molar-refractivity contribution in [1.82, 2.24) is 14.5 Å². The Kier molecular flexibility index (Phi) is 3.80. The fraction of sp³-hybridized carbons (Fsp3) is 0.625. The summed E-state index contributed by atoms with van der Waals surface area (Å²) in [7, 11) is 27.3. The first-order chi connectivity index (χ1) is 9.84. The number of nitrogen functional groups attached to an aromatic ring is 1. The molecule has 1 aliphatic rings. The molecular formula is C8H7B5N4O5. The Bertz CT molecular complexity index is 667. The molecule has 104 valence electrons.